The van der Waals surface area contributed by atoms with Crippen molar-refractivity contribution in [1.82, 2.24) is 5.32 Å². The van der Waals surface area contributed by atoms with Gasteiger partial charge in [0.15, 0.2) is 0 Å². The molecule has 0 heterocycles. The Morgan fingerprint density at radius 2 is 2.24 bits per heavy atom. The number of carboxylic acid groups (broad SMARTS) is 1. The normalized spacial score (nSPS) is 24.3. The lowest BCUT2D eigenvalue weighted by atomic mass is 10.1. The highest BCUT2D eigenvalue weighted by Gasteiger charge is 2.40. The zero-order valence-electron chi connectivity index (χ0n) is 9.80. The van der Waals surface area contributed by atoms with Crippen LogP contribution in [0.25, 0.3) is 0 Å². The van der Waals surface area contributed by atoms with Gasteiger partial charge in [0.05, 0.1) is 6.61 Å². The smallest absolute Gasteiger partial charge is 0.323 e. The van der Waals surface area contributed by atoms with Gasteiger partial charge in [0.25, 0.3) is 0 Å². The van der Waals surface area contributed by atoms with Gasteiger partial charge in [-0.2, -0.15) is 0 Å². The van der Waals surface area contributed by atoms with E-state index in [1.54, 1.807) is 0 Å². The predicted molar refractivity (Wildman–Crippen MR) is 64.0 cm³/mol. The number of carbonyl (C=O) groups is 1. The van der Waals surface area contributed by atoms with Gasteiger partial charge in [-0.25, -0.2) is 0 Å². The van der Waals surface area contributed by atoms with E-state index in [9.17, 15) is 4.79 Å². The van der Waals surface area contributed by atoms with Crippen LogP contribution in [0.2, 0.25) is 0 Å². The van der Waals surface area contributed by atoms with Crippen molar-refractivity contribution in [3.8, 4) is 0 Å². The molecule has 4 heteroatoms. The number of nitrogens with one attached hydrogen (secondary N) is 1. The second kappa shape index (κ2) is 5.29. The molecule has 3 unspecified atom stereocenters. The molecule has 0 amide bonds. The first-order valence-electron chi connectivity index (χ1n) is 5.75. The molecule has 1 aromatic carbocycles. The molecule has 3 atom stereocenters. The molecule has 1 aromatic rings. The molecule has 1 fully saturated rings. The Bertz CT molecular complexity index is 380. The minimum Gasteiger partial charge on any atom is -0.480 e. The minimum absolute atomic E-state index is 0.202. The van der Waals surface area contributed by atoms with E-state index in [0.29, 0.717) is 5.92 Å². The highest BCUT2D eigenvalue weighted by molar-refractivity contribution is 5.73. The Balaban J connectivity index is 1.88. The van der Waals surface area contributed by atoms with Crippen molar-refractivity contribution < 1.29 is 14.6 Å². The average molecular weight is 235 g/mol. The van der Waals surface area contributed by atoms with E-state index in [1.165, 1.54) is 12.7 Å². The first-order chi connectivity index (χ1) is 8.22. The van der Waals surface area contributed by atoms with E-state index in [4.69, 9.17) is 9.84 Å². The Morgan fingerprint density at radius 1 is 1.53 bits per heavy atom. The molecule has 0 aliphatic heterocycles. The van der Waals surface area contributed by atoms with E-state index in [0.717, 1.165) is 6.42 Å². The highest BCUT2D eigenvalue weighted by atomic mass is 16.5. The van der Waals surface area contributed by atoms with E-state index in [1.807, 2.05) is 18.2 Å². The molecule has 0 spiro atoms. The van der Waals surface area contributed by atoms with Crippen LogP contribution >= 0.6 is 0 Å². The van der Waals surface area contributed by atoms with Crippen LogP contribution in [0.1, 0.15) is 17.9 Å². The Morgan fingerprint density at radius 3 is 2.82 bits per heavy atom. The molecule has 0 aromatic heterocycles. The standard InChI is InChI=1S/C13H17NO3/c1-17-8-12(13(15)16)14-11-7-10(11)9-5-3-2-4-6-9/h2-6,10-12,14H,7-8H2,1H3,(H,15,16). The molecule has 0 bridgehead atoms. The van der Waals surface area contributed by atoms with Crippen molar-refractivity contribution in [2.75, 3.05) is 13.7 Å². The summed E-state index contributed by atoms with van der Waals surface area (Å²) in [6.45, 7) is 0.202. The third kappa shape index (κ3) is 3.05. The van der Waals surface area contributed by atoms with Gasteiger partial charge >= 0.3 is 5.97 Å². The summed E-state index contributed by atoms with van der Waals surface area (Å²) in [5, 5.41) is 12.1. The summed E-state index contributed by atoms with van der Waals surface area (Å²) in [7, 11) is 1.51. The molecular formula is C13H17NO3. The summed E-state index contributed by atoms with van der Waals surface area (Å²) >= 11 is 0. The van der Waals surface area contributed by atoms with Crippen LogP contribution in [-0.4, -0.2) is 36.9 Å². The first kappa shape index (κ1) is 12.1. The van der Waals surface area contributed by atoms with Crippen molar-refractivity contribution in [2.24, 2.45) is 0 Å². The third-order valence-electron chi connectivity index (χ3n) is 3.06. The summed E-state index contributed by atoms with van der Waals surface area (Å²) in [5.74, 6) is -0.416. The molecule has 92 valence electrons. The monoisotopic (exact) mass is 235 g/mol. The van der Waals surface area contributed by atoms with Gasteiger partial charge in [-0.05, 0) is 12.0 Å². The van der Waals surface area contributed by atoms with E-state index in [2.05, 4.69) is 17.4 Å². The molecule has 1 aliphatic carbocycles. The molecular weight excluding hydrogens is 218 g/mol. The largest absolute Gasteiger partial charge is 0.480 e. The molecule has 0 saturated heterocycles. The SMILES string of the molecule is COCC(NC1CC1c1ccccc1)C(=O)O. The van der Waals surface area contributed by atoms with Gasteiger partial charge in [-0.1, -0.05) is 30.3 Å². The number of rotatable bonds is 6. The fourth-order valence-corrected chi connectivity index (χ4v) is 2.06. The van der Waals surface area contributed by atoms with Gasteiger partial charge in [-0.15, -0.1) is 0 Å². The number of methoxy groups -OCH3 is 1. The number of carboxylic acids is 1. The van der Waals surface area contributed by atoms with Crippen molar-refractivity contribution in [3.63, 3.8) is 0 Å². The number of aliphatic carboxylic acids is 1. The zero-order valence-corrected chi connectivity index (χ0v) is 9.80. The number of hydrogen-bond donors (Lipinski definition) is 2. The maximum Gasteiger partial charge on any atom is 0.323 e. The fourth-order valence-electron chi connectivity index (χ4n) is 2.06. The van der Waals surface area contributed by atoms with E-state index >= 15 is 0 Å². The van der Waals surface area contributed by atoms with Crippen LogP contribution < -0.4 is 5.32 Å². The van der Waals surface area contributed by atoms with Crippen molar-refractivity contribution in [1.29, 1.82) is 0 Å². The van der Waals surface area contributed by atoms with Crippen molar-refractivity contribution in [3.05, 3.63) is 35.9 Å². The van der Waals surface area contributed by atoms with E-state index < -0.39 is 12.0 Å². The fraction of sp³-hybridized carbons (Fsp3) is 0.462. The topological polar surface area (TPSA) is 58.6 Å². The van der Waals surface area contributed by atoms with Gasteiger partial charge in [0, 0.05) is 19.1 Å². The second-order valence-corrected chi connectivity index (χ2v) is 4.37. The molecule has 17 heavy (non-hydrogen) atoms. The van der Waals surface area contributed by atoms with Crippen LogP contribution in [-0.2, 0) is 9.53 Å². The van der Waals surface area contributed by atoms with Gasteiger partial charge < -0.3 is 9.84 Å². The summed E-state index contributed by atoms with van der Waals surface area (Å²) in [6.07, 6.45) is 0.998. The van der Waals surface area contributed by atoms with Crippen LogP contribution in [0.4, 0.5) is 0 Å². The minimum atomic E-state index is -0.856. The molecule has 1 saturated carbocycles. The number of ether oxygens (including phenoxy) is 1. The zero-order chi connectivity index (χ0) is 12.3. The lowest BCUT2D eigenvalue weighted by Crippen LogP contribution is -2.42. The summed E-state index contributed by atoms with van der Waals surface area (Å²) < 4.78 is 4.89. The Labute approximate surface area is 101 Å². The van der Waals surface area contributed by atoms with Crippen molar-refractivity contribution >= 4 is 5.97 Å². The molecule has 2 rings (SSSR count). The molecule has 4 nitrogen and oxygen atoms in total. The van der Waals surface area contributed by atoms with Crippen molar-refractivity contribution in [2.45, 2.75) is 24.4 Å². The summed E-state index contributed by atoms with van der Waals surface area (Å²) in [5.41, 5.74) is 1.27. The van der Waals surface area contributed by atoms with E-state index in [-0.39, 0.29) is 12.6 Å². The maximum atomic E-state index is 11.0. The third-order valence-corrected chi connectivity index (χ3v) is 3.06. The average Bonchev–Trinajstić information content (AvgIpc) is 3.09. The summed E-state index contributed by atoms with van der Waals surface area (Å²) in [4.78, 5) is 11.0. The lowest BCUT2D eigenvalue weighted by molar-refractivity contribution is -0.140. The number of benzene rings is 1. The Hall–Kier alpha value is -1.39. The molecule has 1 aliphatic rings. The molecule has 0 radical (unpaired) electrons. The second-order valence-electron chi connectivity index (χ2n) is 4.37. The lowest BCUT2D eigenvalue weighted by Gasteiger charge is -2.13. The van der Waals surface area contributed by atoms with Crippen LogP contribution in [0.3, 0.4) is 0 Å². The van der Waals surface area contributed by atoms with Gasteiger partial charge in [0.1, 0.15) is 6.04 Å². The predicted octanol–water partition coefficient (Wildman–Crippen LogP) is 1.23. The quantitative estimate of drug-likeness (QED) is 0.778. The first-order valence-corrected chi connectivity index (χ1v) is 5.75. The maximum absolute atomic E-state index is 11.0. The van der Waals surface area contributed by atoms with Crippen LogP contribution in [0.5, 0.6) is 0 Å². The van der Waals surface area contributed by atoms with Crippen LogP contribution in [0.15, 0.2) is 30.3 Å². The summed E-state index contributed by atoms with van der Waals surface area (Å²) in [6, 6.07) is 9.81. The van der Waals surface area contributed by atoms with Gasteiger partial charge in [0.2, 0.25) is 0 Å². The van der Waals surface area contributed by atoms with Crippen LogP contribution in [0, 0.1) is 0 Å². The molecule has 2 N–H and O–H groups in total. The van der Waals surface area contributed by atoms with Gasteiger partial charge in [-0.3, -0.25) is 10.1 Å². The number of hydrogen-bond acceptors (Lipinski definition) is 3. The Kier molecular flexibility index (Phi) is 3.76. The highest BCUT2D eigenvalue weighted by Crippen LogP contribution is 2.40.